The molecule has 116 valence electrons. The maximum Gasteiger partial charge on any atom is 0.0587 e. The van der Waals surface area contributed by atoms with Gasteiger partial charge in [0.1, 0.15) is 0 Å². The van der Waals surface area contributed by atoms with Crippen LogP contribution in [0.15, 0.2) is 11.6 Å². The molecule has 0 aromatic rings. The third-order valence-electron chi connectivity index (χ3n) is 4.59. The van der Waals surface area contributed by atoms with Crippen molar-refractivity contribution in [2.75, 3.05) is 40.0 Å². The molecule has 0 radical (unpaired) electrons. The molecule has 0 aromatic carbocycles. The Kier molecular flexibility index (Phi) is 7.63. The van der Waals surface area contributed by atoms with Gasteiger partial charge in [-0.15, -0.1) is 0 Å². The Bertz CT molecular complexity index is 279. The van der Waals surface area contributed by atoms with Gasteiger partial charge >= 0.3 is 0 Å². The molecule has 1 atom stereocenters. The highest BCUT2D eigenvalue weighted by atomic mass is 16.5. The molecule has 1 N–H and O–H groups in total. The summed E-state index contributed by atoms with van der Waals surface area (Å²) in [4.78, 5) is 0. The van der Waals surface area contributed by atoms with Crippen LogP contribution in [0.5, 0.6) is 0 Å². The van der Waals surface area contributed by atoms with Gasteiger partial charge in [-0.1, -0.05) is 30.9 Å². The Labute approximate surface area is 124 Å². The summed E-state index contributed by atoms with van der Waals surface area (Å²) in [5.74, 6) is 1.45. The van der Waals surface area contributed by atoms with Gasteiger partial charge in [0.2, 0.25) is 0 Å². The number of hydrogen-bond donors (Lipinski definition) is 1. The van der Waals surface area contributed by atoms with Crippen LogP contribution in [0.1, 0.15) is 44.9 Å². The Morgan fingerprint density at radius 1 is 1.20 bits per heavy atom. The maximum atomic E-state index is 5.63. The smallest absolute Gasteiger partial charge is 0.0587 e. The molecule has 2 aliphatic rings. The average molecular weight is 281 g/mol. The predicted octanol–water partition coefficient (Wildman–Crippen LogP) is 3.16. The summed E-state index contributed by atoms with van der Waals surface area (Å²) >= 11 is 0. The van der Waals surface area contributed by atoms with E-state index in [1.165, 1.54) is 44.9 Å². The zero-order valence-electron chi connectivity index (χ0n) is 13.0. The third kappa shape index (κ3) is 5.55. The molecule has 0 amide bonds. The first-order valence-electron chi connectivity index (χ1n) is 8.38. The van der Waals surface area contributed by atoms with E-state index in [2.05, 4.69) is 11.4 Å². The van der Waals surface area contributed by atoms with Gasteiger partial charge in [-0.3, -0.25) is 0 Å². The lowest BCUT2D eigenvalue weighted by Gasteiger charge is -2.27. The van der Waals surface area contributed by atoms with E-state index in [9.17, 15) is 0 Å². The first-order valence-corrected chi connectivity index (χ1v) is 8.38. The normalized spacial score (nSPS) is 25.9. The number of hydrogen-bond acceptors (Lipinski definition) is 3. The lowest BCUT2D eigenvalue weighted by atomic mass is 9.82. The average Bonchev–Trinajstić information content (AvgIpc) is 2.52. The maximum absolute atomic E-state index is 5.63. The standard InChI is InChI=1S/C17H31NO2/c1-19-11-9-18-13-17(16-7-3-2-4-8-16)12-15-6-5-10-20-14-15/h12,15-16,18H,2-11,13-14H2,1H3/b17-12-. The lowest BCUT2D eigenvalue weighted by Crippen LogP contribution is -2.26. The van der Waals surface area contributed by atoms with E-state index >= 15 is 0 Å². The second kappa shape index (κ2) is 9.54. The van der Waals surface area contributed by atoms with Crippen molar-refractivity contribution in [1.29, 1.82) is 0 Å². The summed E-state index contributed by atoms with van der Waals surface area (Å²) in [5, 5.41) is 3.54. The molecule has 1 aliphatic heterocycles. The van der Waals surface area contributed by atoms with Crippen molar-refractivity contribution in [2.24, 2.45) is 11.8 Å². The molecule has 3 heteroatoms. The van der Waals surface area contributed by atoms with Crippen molar-refractivity contribution in [3.05, 3.63) is 11.6 Å². The van der Waals surface area contributed by atoms with Crippen LogP contribution in [-0.4, -0.2) is 40.0 Å². The van der Waals surface area contributed by atoms with Crippen LogP contribution in [0.3, 0.4) is 0 Å². The zero-order valence-corrected chi connectivity index (χ0v) is 13.0. The molecule has 1 saturated carbocycles. The van der Waals surface area contributed by atoms with E-state index in [1.807, 2.05) is 0 Å². The van der Waals surface area contributed by atoms with Crippen molar-refractivity contribution in [2.45, 2.75) is 44.9 Å². The van der Waals surface area contributed by atoms with E-state index in [1.54, 1.807) is 12.7 Å². The Hall–Kier alpha value is -0.380. The van der Waals surface area contributed by atoms with E-state index in [-0.39, 0.29) is 0 Å². The van der Waals surface area contributed by atoms with Crippen molar-refractivity contribution in [1.82, 2.24) is 5.32 Å². The molecule has 0 aromatic heterocycles. The topological polar surface area (TPSA) is 30.5 Å². The van der Waals surface area contributed by atoms with Gasteiger partial charge in [0.15, 0.2) is 0 Å². The van der Waals surface area contributed by atoms with E-state index in [0.29, 0.717) is 5.92 Å². The summed E-state index contributed by atoms with van der Waals surface area (Å²) in [6.07, 6.45) is 12.0. The molecule has 20 heavy (non-hydrogen) atoms. The Balaban J connectivity index is 1.88. The number of rotatable bonds is 7. The van der Waals surface area contributed by atoms with Gasteiger partial charge < -0.3 is 14.8 Å². The highest BCUT2D eigenvalue weighted by molar-refractivity contribution is 5.12. The van der Waals surface area contributed by atoms with Crippen LogP contribution in [0.2, 0.25) is 0 Å². The fraction of sp³-hybridized carbons (Fsp3) is 0.882. The molecule has 0 bridgehead atoms. The van der Waals surface area contributed by atoms with Crippen LogP contribution in [-0.2, 0) is 9.47 Å². The quantitative estimate of drug-likeness (QED) is 0.574. The van der Waals surface area contributed by atoms with Crippen molar-refractivity contribution in [3.8, 4) is 0 Å². The summed E-state index contributed by atoms with van der Waals surface area (Å²) in [6.45, 7) is 4.65. The van der Waals surface area contributed by atoms with Crippen molar-refractivity contribution in [3.63, 3.8) is 0 Å². The monoisotopic (exact) mass is 281 g/mol. The minimum Gasteiger partial charge on any atom is -0.383 e. The summed E-state index contributed by atoms with van der Waals surface area (Å²) in [5.41, 5.74) is 1.64. The third-order valence-corrected chi connectivity index (χ3v) is 4.59. The van der Waals surface area contributed by atoms with E-state index in [0.717, 1.165) is 38.8 Å². The van der Waals surface area contributed by atoms with E-state index in [4.69, 9.17) is 9.47 Å². The Morgan fingerprint density at radius 2 is 2.05 bits per heavy atom. The molecular formula is C17H31NO2. The molecular weight excluding hydrogens is 250 g/mol. The SMILES string of the molecule is COCCNC/C(=C/C1CCCOC1)C1CCCCC1. The molecule has 3 nitrogen and oxygen atoms in total. The molecule has 1 heterocycles. The lowest BCUT2D eigenvalue weighted by molar-refractivity contribution is 0.0704. The van der Waals surface area contributed by atoms with Crippen LogP contribution < -0.4 is 5.32 Å². The van der Waals surface area contributed by atoms with Crippen molar-refractivity contribution >= 4 is 0 Å². The summed E-state index contributed by atoms with van der Waals surface area (Å²) in [6, 6.07) is 0. The van der Waals surface area contributed by atoms with Gasteiger partial charge in [-0.2, -0.15) is 0 Å². The molecule has 2 rings (SSSR count). The first-order chi connectivity index (χ1) is 9.90. The largest absolute Gasteiger partial charge is 0.383 e. The second-order valence-corrected chi connectivity index (χ2v) is 6.22. The molecule has 2 fully saturated rings. The highest BCUT2D eigenvalue weighted by Gasteiger charge is 2.20. The first kappa shape index (κ1) is 16.0. The minimum absolute atomic E-state index is 0.643. The van der Waals surface area contributed by atoms with Crippen LogP contribution in [0.4, 0.5) is 0 Å². The minimum atomic E-state index is 0.643. The van der Waals surface area contributed by atoms with Crippen LogP contribution in [0, 0.1) is 11.8 Å². The molecule has 1 saturated heterocycles. The fourth-order valence-corrected chi connectivity index (χ4v) is 3.42. The molecule has 1 unspecified atom stereocenters. The van der Waals surface area contributed by atoms with Gasteiger partial charge in [-0.05, 0) is 31.6 Å². The second-order valence-electron chi connectivity index (χ2n) is 6.22. The highest BCUT2D eigenvalue weighted by Crippen LogP contribution is 2.31. The molecule has 0 spiro atoms. The number of ether oxygens (including phenoxy) is 2. The summed E-state index contributed by atoms with van der Waals surface area (Å²) in [7, 11) is 1.76. The fourth-order valence-electron chi connectivity index (χ4n) is 3.42. The van der Waals surface area contributed by atoms with Gasteiger partial charge in [0.05, 0.1) is 13.2 Å². The van der Waals surface area contributed by atoms with Gasteiger partial charge in [-0.25, -0.2) is 0 Å². The summed E-state index contributed by atoms with van der Waals surface area (Å²) < 4.78 is 10.7. The molecule has 1 aliphatic carbocycles. The predicted molar refractivity (Wildman–Crippen MR) is 82.9 cm³/mol. The van der Waals surface area contributed by atoms with Gasteiger partial charge in [0.25, 0.3) is 0 Å². The zero-order chi connectivity index (χ0) is 14.0. The van der Waals surface area contributed by atoms with Gasteiger partial charge in [0, 0.05) is 32.7 Å². The number of methoxy groups -OCH3 is 1. The Morgan fingerprint density at radius 3 is 2.75 bits per heavy atom. The number of nitrogens with one attached hydrogen (secondary N) is 1. The van der Waals surface area contributed by atoms with Crippen LogP contribution >= 0.6 is 0 Å². The van der Waals surface area contributed by atoms with Crippen LogP contribution in [0.25, 0.3) is 0 Å². The van der Waals surface area contributed by atoms with Crippen molar-refractivity contribution < 1.29 is 9.47 Å². The van der Waals surface area contributed by atoms with E-state index < -0.39 is 0 Å².